The van der Waals surface area contributed by atoms with Crippen LogP contribution in [-0.4, -0.2) is 22.0 Å². The van der Waals surface area contributed by atoms with E-state index < -0.39 is 17.8 Å². The van der Waals surface area contributed by atoms with Gasteiger partial charge in [-0.3, -0.25) is 9.59 Å². The van der Waals surface area contributed by atoms with Crippen molar-refractivity contribution in [3.05, 3.63) is 23.0 Å². The third-order valence-corrected chi connectivity index (χ3v) is 4.41. The lowest BCUT2D eigenvalue weighted by molar-refractivity contribution is -0.145. The van der Waals surface area contributed by atoms with Gasteiger partial charge >= 0.3 is 5.97 Å². The van der Waals surface area contributed by atoms with Crippen molar-refractivity contribution in [2.75, 3.05) is 5.32 Å². The number of pyridine rings is 1. The first-order valence-electron chi connectivity index (χ1n) is 7.09. The summed E-state index contributed by atoms with van der Waals surface area (Å²) < 4.78 is 0. The SMILES string of the molecule is CCC1CC(C(=O)O)C(C(=O)Nc2ccc(Cl)nc2C)C1. The lowest BCUT2D eigenvalue weighted by Gasteiger charge is -2.16. The number of carboxylic acids is 1. The number of nitrogens with one attached hydrogen (secondary N) is 1. The summed E-state index contributed by atoms with van der Waals surface area (Å²) in [6.07, 6.45) is 2.09. The average molecular weight is 311 g/mol. The summed E-state index contributed by atoms with van der Waals surface area (Å²) in [6.45, 7) is 3.77. The van der Waals surface area contributed by atoms with Crippen molar-refractivity contribution < 1.29 is 14.7 Å². The van der Waals surface area contributed by atoms with Gasteiger partial charge in [0.25, 0.3) is 0 Å². The maximum atomic E-state index is 12.4. The first kappa shape index (κ1) is 15.8. The van der Waals surface area contributed by atoms with Gasteiger partial charge in [-0.15, -0.1) is 0 Å². The van der Waals surface area contributed by atoms with Crippen molar-refractivity contribution in [3.8, 4) is 0 Å². The maximum Gasteiger partial charge on any atom is 0.307 e. The molecule has 0 spiro atoms. The van der Waals surface area contributed by atoms with Gasteiger partial charge in [0.1, 0.15) is 5.15 Å². The minimum absolute atomic E-state index is 0.245. The fraction of sp³-hybridized carbons (Fsp3) is 0.533. The van der Waals surface area contributed by atoms with E-state index in [2.05, 4.69) is 10.3 Å². The summed E-state index contributed by atoms with van der Waals surface area (Å²) in [7, 11) is 0. The van der Waals surface area contributed by atoms with Crippen molar-refractivity contribution in [2.45, 2.75) is 33.1 Å². The van der Waals surface area contributed by atoms with Gasteiger partial charge < -0.3 is 10.4 Å². The van der Waals surface area contributed by atoms with E-state index in [1.165, 1.54) is 0 Å². The Labute approximate surface area is 128 Å². The predicted molar refractivity (Wildman–Crippen MR) is 80.2 cm³/mol. The van der Waals surface area contributed by atoms with E-state index in [0.717, 1.165) is 6.42 Å². The molecule has 3 unspecified atom stereocenters. The molecule has 0 radical (unpaired) electrons. The summed E-state index contributed by atoms with van der Waals surface area (Å²) >= 11 is 5.78. The smallest absolute Gasteiger partial charge is 0.307 e. The van der Waals surface area contributed by atoms with Crippen LogP contribution >= 0.6 is 11.6 Å². The van der Waals surface area contributed by atoms with Gasteiger partial charge in [-0.25, -0.2) is 4.98 Å². The van der Waals surface area contributed by atoms with Gasteiger partial charge in [-0.05, 0) is 37.8 Å². The van der Waals surface area contributed by atoms with Gasteiger partial charge in [0, 0.05) is 0 Å². The van der Waals surface area contributed by atoms with Crippen LogP contribution in [0, 0.1) is 24.7 Å². The molecule has 21 heavy (non-hydrogen) atoms. The van der Waals surface area contributed by atoms with E-state index in [1.54, 1.807) is 19.1 Å². The highest BCUT2D eigenvalue weighted by molar-refractivity contribution is 6.29. The molecule has 1 aromatic rings. The van der Waals surface area contributed by atoms with Crippen LogP contribution in [-0.2, 0) is 9.59 Å². The molecule has 1 aliphatic rings. The molecule has 2 rings (SSSR count). The molecule has 1 amide bonds. The van der Waals surface area contributed by atoms with E-state index in [9.17, 15) is 14.7 Å². The van der Waals surface area contributed by atoms with Gasteiger partial charge in [0.2, 0.25) is 5.91 Å². The van der Waals surface area contributed by atoms with Crippen LogP contribution < -0.4 is 5.32 Å². The topological polar surface area (TPSA) is 79.3 Å². The minimum atomic E-state index is -0.892. The van der Waals surface area contributed by atoms with Gasteiger partial charge in [0.15, 0.2) is 0 Å². The molecular formula is C15H19ClN2O3. The Kier molecular flexibility index (Phi) is 4.83. The van der Waals surface area contributed by atoms with Crippen molar-refractivity contribution in [3.63, 3.8) is 0 Å². The van der Waals surface area contributed by atoms with Crippen LogP contribution in [0.3, 0.4) is 0 Å². The summed E-state index contributed by atoms with van der Waals surface area (Å²) in [5, 5.41) is 12.4. The van der Waals surface area contributed by atoms with Crippen LogP contribution in [0.15, 0.2) is 12.1 Å². The Morgan fingerprint density at radius 1 is 1.38 bits per heavy atom. The lowest BCUT2D eigenvalue weighted by Crippen LogP contribution is -2.30. The number of rotatable bonds is 4. The molecule has 0 aliphatic heterocycles. The largest absolute Gasteiger partial charge is 0.481 e. The van der Waals surface area contributed by atoms with Crippen molar-refractivity contribution in [1.29, 1.82) is 0 Å². The zero-order chi connectivity index (χ0) is 15.6. The predicted octanol–water partition coefficient (Wildman–Crippen LogP) is 3.12. The fourth-order valence-corrected chi connectivity index (χ4v) is 3.12. The number of hydrogen-bond donors (Lipinski definition) is 2. The molecule has 6 heteroatoms. The zero-order valence-electron chi connectivity index (χ0n) is 12.1. The second-order valence-corrected chi connectivity index (χ2v) is 5.94. The molecule has 0 aromatic carbocycles. The van der Waals surface area contributed by atoms with Gasteiger partial charge in [-0.1, -0.05) is 24.9 Å². The highest BCUT2D eigenvalue weighted by Crippen LogP contribution is 2.39. The number of nitrogens with zero attached hydrogens (tertiary/aromatic N) is 1. The second-order valence-electron chi connectivity index (χ2n) is 5.55. The highest BCUT2D eigenvalue weighted by Gasteiger charge is 2.42. The Balaban J connectivity index is 2.13. The maximum absolute atomic E-state index is 12.4. The Hall–Kier alpha value is -1.62. The van der Waals surface area contributed by atoms with Crippen molar-refractivity contribution in [2.24, 2.45) is 17.8 Å². The molecule has 1 heterocycles. The summed E-state index contributed by atoms with van der Waals surface area (Å²) in [6, 6.07) is 3.28. The summed E-state index contributed by atoms with van der Waals surface area (Å²) in [5.41, 5.74) is 1.20. The standard InChI is InChI=1S/C15H19ClN2O3/c1-3-9-6-10(11(7-9)15(20)21)14(19)18-12-4-5-13(16)17-8(12)2/h4-5,9-11H,3,6-7H2,1-2H3,(H,18,19)(H,20,21). The third-order valence-electron chi connectivity index (χ3n) is 4.20. The Bertz CT molecular complexity index is 562. The third kappa shape index (κ3) is 3.53. The average Bonchev–Trinajstić information content (AvgIpc) is 2.86. The molecule has 1 aromatic heterocycles. The molecule has 5 nitrogen and oxygen atoms in total. The Morgan fingerprint density at radius 2 is 2.05 bits per heavy atom. The molecule has 2 N–H and O–H groups in total. The number of carbonyl (C=O) groups is 2. The van der Waals surface area contributed by atoms with E-state index in [0.29, 0.717) is 35.3 Å². The van der Waals surface area contributed by atoms with Crippen LogP contribution in [0.25, 0.3) is 0 Å². The van der Waals surface area contributed by atoms with Gasteiger partial charge in [-0.2, -0.15) is 0 Å². The van der Waals surface area contributed by atoms with Crippen LogP contribution in [0.2, 0.25) is 5.15 Å². The molecule has 3 atom stereocenters. The number of carboxylic acid groups (broad SMARTS) is 1. The summed E-state index contributed by atoms with van der Waals surface area (Å²) in [4.78, 5) is 27.8. The molecule has 114 valence electrons. The first-order valence-corrected chi connectivity index (χ1v) is 7.47. The van der Waals surface area contributed by atoms with Crippen molar-refractivity contribution >= 4 is 29.2 Å². The normalized spacial score (nSPS) is 24.8. The number of aliphatic carboxylic acids is 1. The molecule has 1 aliphatic carbocycles. The molecule has 1 fully saturated rings. The van der Waals surface area contributed by atoms with E-state index in [4.69, 9.17) is 11.6 Å². The zero-order valence-corrected chi connectivity index (χ0v) is 12.9. The van der Waals surface area contributed by atoms with Gasteiger partial charge in [0.05, 0.1) is 23.2 Å². The number of carbonyl (C=O) groups excluding carboxylic acids is 1. The number of halogens is 1. The number of aryl methyl sites for hydroxylation is 1. The number of aromatic nitrogens is 1. The van der Waals surface area contributed by atoms with E-state index in [1.807, 2.05) is 6.92 Å². The van der Waals surface area contributed by atoms with E-state index >= 15 is 0 Å². The van der Waals surface area contributed by atoms with Crippen LogP contribution in [0.1, 0.15) is 31.9 Å². The summed E-state index contributed by atoms with van der Waals surface area (Å²) in [5.74, 6) is -1.92. The number of amides is 1. The highest BCUT2D eigenvalue weighted by atomic mass is 35.5. The molecule has 1 saturated carbocycles. The van der Waals surface area contributed by atoms with Crippen LogP contribution in [0.5, 0.6) is 0 Å². The van der Waals surface area contributed by atoms with Crippen molar-refractivity contribution in [1.82, 2.24) is 4.98 Å². The first-order chi connectivity index (χ1) is 9.92. The molecule has 0 bridgehead atoms. The van der Waals surface area contributed by atoms with Crippen LogP contribution in [0.4, 0.5) is 5.69 Å². The Morgan fingerprint density at radius 3 is 2.62 bits per heavy atom. The quantitative estimate of drug-likeness (QED) is 0.837. The van der Waals surface area contributed by atoms with E-state index in [-0.39, 0.29) is 5.91 Å². The monoisotopic (exact) mass is 310 g/mol. The number of anilines is 1. The molecule has 0 saturated heterocycles. The molecular weight excluding hydrogens is 292 g/mol. The lowest BCUT2D eigenvalue weighted by atomic mass is 9.95. The number of hydrogen-bond acceptors (Lipinski definition) is 3. The second kappa shape index (κ2) is 6.43. The minimum Gasteiger partial charge on any atom is -0.481 e. The fourth-order valence-electron chi connectivity index (χ4n) is 2.93.